The van der Waals surface area contributed by atoms with Crippen LogP contribution in [-0.4, -0.2) is 39.0 Å². The van der Waals surface area contributed by atoms with E-state index in [4.69, 9.17) is 44.3 Å². The molecule has 2 unspecified atom stereocenters. The van der Waals surface area contributed by atoms with Gasteiger partial charge in [0.25, 0.3) is 0 Å². The standard InChI is InChI=1S/C20H23Cl3O4S2/c1-2-28(24)12-4-11-27-20-18(22)13-17(14-19(20)23)29(25)16-7-5-15(6-8-16)26-10-3-9-21/h5-8,13-14H,2-4,9-12H2,1H3. The SMILES string of the molecule is CCS(=O)CCCOc1c(Cl)cc(S(=O)c2ccc(OCCCCl)cc2)cc1Cl. The van der Waals surface area contributed by atoms with Crippen LogP contribution in [0.3, 0.4) is 0 Å². The van der Waals surface area contributed by atoms with Crippen LogP contribution < -0.4 is 9.47 Å². The van der Waals surface area contributed by atoms with Gasteiger partial charge in [0.15, 0.2) is 5.75 Å². The maximum Gasteiger partial charge on any atom is 0.156 e. The minimum Gasteiger partial charge on any atom is -0.494 e. The van der Waals surface area contributed by atoms with E-state index < -0.39 is 21.6 Å². The summed E-state index contributed by atoms with van der Waals surface area (Å²) in [5.41, 5.74) is 0. The zero-order valence-corrected chi connectivity index (χ0v) is 19.9. The number of benzene rings is 2. The normalized spacial score (nSPS) is 13.1. The van der Waals surface area contributed by atoms with E-state index in [2.05, 4.69) is 0 Å². The van der Waals surface area contributed by atoms with E-state index in [1.165, 1.54) is 0 Å². The maximum atomic E-state index is 12.9. The second kappa shape index (κ2) is 12.8. The third kappa shape index (κ3) is 7.76. The lowest BCUT2D eigenvalue weighted by molar-refractivity contribution is 0.318. The number of ether oxygens (including phenoxy) is 2. The maximum absolute atomic E-state index is 12.9. The summed E-state index contributed by atoms with van der Waals surface area (Å²) in [6, 6.07) is 10.2. The molecule has 0 aliphatic heterocycles. The lowest BCUT2D eigenvalue weighted by Gasteiger charge is -2.12. The lowest BCUT2D eigenvalue weighted by atomic mass is 10.3. The molecule has 0 spiro atoms. The van der Waals surface area contributed by atoms with E-state index in [9.17, 15) is 8.42 Å². The fraction of sp³-hybridized carbons (Fsp3) is 0.400. The quantitative estimate of drug-likeness (QED) is 0.278. The van der Waals surface area contributed by atoms with Gasteiger partial charge in [0, 0.05) is 38.0 Å². The van der Waals surface area contributed by atoms with Crippen molar-refractivity contribution in [1.29, 1.82) is 0 Å². The van der Waals surface area contributed by atoms with Crippen molar-refractivity contribution in [2.24, 2.45) is 0 Å². The highest BCUT2D eigenvalue weighted by atomic mass is 35.5. The molecule has 2 rings (SSSR count). The van der Waals surface area contributed by atoms with Crippen LogP contribution in [0.1, 0.15) is 19.8 Å². The Balaban J connectivity index is 2.03. The minimum atomic E-state index is -1.45. The Morgan fingerprint density at radius 1 is 0.897 bits per heavy atom. The Labute approximate surface area is 191 Å². The molecule has 0 N–H and O–H groups in total. The van der Waals surface area contributed by atoms with Crippen LogP contribution in [-0.2, 0) is 21.6 Å². The highest BCUT2D eigenvalue weighted by Crippen LogP contribution is 2.36. The van der Waals surface area contributed by atoms with Gasteiger partial charge in [0.1, 0.15) is 5.75 Å². The highest BCUT2D eigenvalue weighted by molar-refractivity contribution is 7.85. The van der Waals surface area contributed by atoms with Gasteiger partial charge in [-0.3, -0.25) is 4.21 Å². The monoisotopic (exact) mass is 496 g/mol. The van der Waals surface area contributed by atoms with Crippen LogP contribution >= 0.6 is 34.8 Å². The average Bonchev–Trinajstić information content (AvgIpc) is 2.72. The van der Waals surface area contributed by atoms with Crippen molar-refractivity contribution >= 4 is 56.4 Å². The summed E-state index contributed by atoms with van der Waals surface area (Å²) in [7, 11) is -2.28. The van der Waals surface area contributed by atoms with Gasteiger partial charge in [0.2, 0.25) is 0 Å². The van der Waals surface area contributed by atoms with Crippen LogP contribution in [0.2, 0.25) is 10.0 Å². The van der Waals surface area contributed by atoms with E-state index in [0.29, 0.717) is 68.4 Å². The first-order valence-corrected chi connectivity index (χ1v) is 13.1. The van der Waals surface area contributed by atoms with Gasteiger partial charge in [0.05, 0.1) is 34.1 Å². The van der Waals surface area contributed by atoms with Gasteiger partial charge < -0.3 is 9.47 Å². The Kier molecular flexibility index (Phi) is 10.8. The van der Waals surface area contributed by atoms with E-state index in [1.54, 1.807) is 36.4 Å². The largest absolute Gasteiger partial charge is 0.494 e. The Morgan fingerprint density at radius 3 is 2.10 bits per heavy atom. The van der Waals surface area contributed by atoms with Crippen molar-refractivity contribution in [3.63, 3.8) is 0 Å². The van der Waals surface area contributed by atoms with Gasteiger partial charge in [-0.05, 0) is 49.2 Å². The molecule has 0 saturated carbocycles. The minimum absolute atomic E-state index is 0.290. The average molecular weight is 498 g/mol. The third-order valence-corrected chi connectivity index (χ3v) is 7.44. The summed E-state index contributed by atoms with van der Waals surface area (Å²) in [6.07, 6.45) is 1.40. The molecular formula is C20H23Cl3O4S2. The first kappa shape index (κ1) is 24.5. The predicted molar refractivity (Wildman–Crippen MR) is 122 cm³/mol. The number of halogens is 3. The molecule has 4 nitrogen and oxygen atoms in total. The van der Waals surface area contributed by atoms with Crippen molar-refractivity contribution in [3.05, 3.63) is 46.4 Å². The Morgan fingerprint density at radius 2 is 1.52 bits per heavy atom. The molecule has 0 aliphatic carbocycles. The number of hydrogen-bond donors (Lipinski definition) is 0. The zero-order chi connectivity index (χ0) is 21.2. The summed E-state index contributed by atoms with van der Waals surface area (Å²) < 4.78 is 35.5. The Hall–Kier alpha value is -0.790. The predicted octanol–water partition coefficient (Wildman–Crippen LogP) is 5.71. The summed E-state index contributed by atoms with van der Waals surface area (Å²) >= 11 is 18.2. The third-order valence-electron chi connectivity index (χ3n) is 3.86. The molecular weight excluding hydrogens is 475 g/mol. The van der Waals surface area contributed by atoms with Gasteiger partial charge in [-0.15, -0.1) is 11.6 Å². The van der Waals surface area contributed by atoms with Crippen molar-refractivity contribution < 1.29 is 17.9 Å². The summed E-state index contributed by atoms with van der Waals surface area (Å²) in [5, 5.41) is 0.581. The topological polar surface area (TPSA) is 52.6 Å². The summed E-state index contributed by atoms with van der Waals surface area (Å²) in [4.78, 5) is 1.09. The second-order valence-corrected chi connectivity index (χ2v) is 10.5. The molecule has 2 atom stereocenters. The second-order valence-electron chi connectivity index (χ2n) is 5.98. The Bertz CT molecular complexity index is 821. The first-order valence-electron chi connectivity index (χ1n) is 9.13. The molecule has 160 valence electrons. The van der Waals surface area contributed by atoms with E-state index in [-0.39, 0.29) is 0 Å². The molecule has 0 aromatic heterocycles. The van der Waals surface area contributed by atoms with Crippen molar-refractivity contribution in [3.8, 4) is 11.5 Å². The molecule has 0 amide bonds. The van der Waals surface area contributed by atoms with Gasteiger partial charge in [-0.2, -0.15) is 0 Å². The van der Waals surface area contributed by atoms with Gasteiger partial charge in [-0.25, -0.2) is 4.21 Å². The molecule has 0 radical (unpaired) electrons. The molecule has 0 saturated heterocycles. The number of rotatable bonds is 12. The van der Waals surface area contributed by atoms with E-state index in [0.717, 1.165) is 6.42 Å². The van der Waals surface area contributed by atoms with Crippen LogP contribution in [0.15, 0.2) is 46.2 Å². The van der Waals surface area contributed by atoms with Gasteiger partial charge >= 0.3 is 0 Å². The molecule has 2 aromatic rings. The van der Waals surface area contributed by atoms with Crippen LogP contribution in [0.5, 0.6) is 11.5 Å². The van der Waals surface area contributed by atoms with E-state index in [1.807, 2.05) is 6.92 Å². The summed E-state index contributed by atoms with van der Waals surface area (Å²) in [6.45, 7) is 2.78. The molecule has 2 aromatic carbocycles. The molecule has 29 heavy (non-hydrogen) atoms. The molecule has 0 heterocycles. The van der Waals surface area contributed by atoms with Crippen molar-refractivity contribution in [1.82, 2.24) is 0 Å². The number of alkyl halides is 1. The lowest BCUT2D eigenvalue weighted by Crippen LogP contribution is -2.06. The van der Waals surface area contributed by atoms with Crippen molar-refractivity contribution in [2.75, 3.05) is 30.6 Å². The van der Waals surface area contributed by atoms with E-state index >= 15 is 0 Å². The van der Waals surface area contributed by atoms with Crippen LogP contribution in [0.4, 0.5) is 0 Å². The first-order chi connectivity index (χ1) is 14.0. The fourth-order valence-corrected chi connectivity index (χ4v) is 5.03. The van der Waals surface area contributed by atoms with Crippen LogP contribution in [0, 0.1) is 0 Å². The molecule has 0 aliphatic rings. The van der Waals surface area contributed by atoms with Crippen LogP contribution in [0.25, 0.3) is 0 Å². The zero-order valence-electron chi connectivity index (χ0n) is 16.0. The fourth-order valence-electron chi connectivity index (χ4n) is 2.36. The molecule has 0 bridgehead atoms. The molecule has 9 heteroatoms. The van der Waals surface area contributed by atoms with Crippen molar-refractivity contribution in [2.45, 2.75) is 29.6 Å². The molecule has 0 fully saturated rings. The smallest absolute Gasteiger partial charge is 0.156 e. The number of hydrogen-bond acceptors (Lipinski definition) is 4. The highest BCUT2D eigenvalue weighted by Gasteiger charge is 2.15. The summed E-state index contributed by atoms with van der Waals surface area (Å²) in [5.74, 6) is 2.78. The van der Waals surface area contributed by atoms with Gasteiger partial charge in [-0.1, -0.05) is 30.1 Å².